The number of thiazole rings is 1. The van der Waals surface area contributed by atoms with Gasteiger partial charge < -0.3 is 5.32 Å². The quantitative estimate of drug-likeness (QED) is 0.815. The fourth-order valence-electron chi connectivity index (χ4n) is 1.48. The highest BCUT2D eigenvalue weighted by Gasteiger charge is 2.14. The molecule has 0 atom stereocenters. The van der Waals surface area contributed by atoms with Crippen LogP contribution >= 0.6 is 11.3 Å². The predicted molar refractivity (Wildman–Crippen MR) is 79.2 cm³/mol. The Bertz CT molecular complexity index is 624. The maximum Gasteiger partial charge on any atom is 0.242 e. The molecule has 0 bridgehead atoms. The van der Waals surface area contributed by atoms with Crippen molar-refractivity contribution < 1.29 is 8.42 Å². The monoisotopic (exact) mass is 312 g/mol. The van der Waals surface area contributed by atoms with Crippen LogP contribution in [0, 0.1) is 0 Å². The molecule has 0 aliphatic rings. The molecule has 2 aromatic rings. The summed E-state index contributed by atoms with van der Waals surface area (Å²) < 4.78 is 26.6. The third-order valence-electron chi connectivity index (χ3n) is 2.50. The fourth-order valence-corrected chi connectivity index (χ4v) is 3.06. The number of sulfonamides is 1. The van der Waals surface area contributed by atoms with Crippen molar-refractivity contribution in [3.8, 4) is 0 Å². The first-order chi connectivity index (χ1) is 9.62. The van der Waals surface area contributed by atoms with Gasteiger partial charge in [0.25, 0.3) is 0 Å². The molecule has 2 aromatic heterocycles. The lowest BCUT2D eigenvalue weighted by Crippen LogP contribution is -2.23. The van der Waals surface area contributed by atoms with E-state index in [9.17, 15) is 8.42 Å². The number of pyridine rings is 1. The van der Waals surface area contributed by atoms with E-state index >= 15 is 0 Å². The Balaban J connectivity index is 2.01. The van der Waals surface area contributed by atoms with Crippen molar-refractivity contribution in [3.63, 3.8) is 0 Å². The third-order valence-corrected chi connectivity index (χ3v) is 4.67. The fraction of sp³-hybridized carbons (Fsp3) is 0.333. The molecule has 0 saturated carbocycles. The van der Waals surface area contributed by atoms with Gasteiger partial charge in [-0.05, 0) is 18.6 Å². The van der Waals surface area contributed by atoms with E-state index in [0.29, 0.717) is 5.82 Å². The molecule has 0 spiro atoms. The van der Waals surface area contributed by atoms with E-state index in [-0.39, 0.29) is 11.4 Å². The summed E-state index contributed by atoms with van der Waals surface area (Å²) in [5, 5.41) is 5.62. The molecule has 0 aromatic carbocycles. The van der Waals surface area contributed by atoms with Crippen molar-refractivity contribution in [1.82, 2.24) is 14.7 Å². The van der Waals surface area contributed by atoms with E-state index in [0.717, 1.165) is 18.0 Å². The minimum atomic E-state index is -3.55. The van der Waals surface area contributed by atoms with Gasteiger partial charge in [-0.1, -0.05) is 6.92 Å². The first-order valence-electron chi connectivity index (χ1n) is 6.20. The Kier molecular flexibility index (Phi) is 5.05. The highest BCUT2D eigenvalue weighted by molar-refractivity contribution is 7.89. The van der Waals surface area contributed by atoms with Gasteiger partial charge in [0.15, 0.2) is 0 Å². The number of nitrogens with zero attached hydrogens (tertiary/aromatic N) is 2. The van der Waals surface area contributed by atoms with E-state index in [4.69, 9.17) is 0 Å². The van der Waals surface area contributed by atoms with Crippen LogP contribution in [-0.2, 0) is 16.6 Å². The predicted octanol–water partition coefficient (Wildman–Crippen LogP) is 1.84. The number of rotatable bonds is 7. The summed E-state index contributed by atoms with van der Waals surface area (Å²) in [6, 6.07) is 3.20. The minimum absolute atomic E-state index is 0.149. The second-order valence-electron chi connectivity index (χ2n) is 4.06. The average molecular weight is 312 g/mol. The molecular weight excluding hydrogens is 296 g/mol. The van der Waals surface area contributed by atoms with Crippen LogP contribution in [0.2, 0.25) is 0 Å². The van der Waals surface area contributed by atoms with Crippen LogP contribution in [-0.4, -0.2) is 24.9 Å². The highest BCUT2D eigenvalue weighted by atomic mass is 32.2. The maximum absolute atomic E-state index is 12.1. The van der Waals surface area contributed by atoms with Crippen molar-refractivity contribution in [2.45, 2.75) is 24.8 Å². The van der Waals surface area contributed by atoms with Crippen molar-refractivity contribution >= 4 is 27.2 Å². The SMILES string of the molecule is CCCNc1ccc(S(=O)(=O)NCc2nccs2)cn1. The molecule has 2 heterocycles. The molecule has 108 valence electrons. The van der Waals surface area contributed by atoms with Crippen LogP contribution in [0.3, 0.4) is 0 Å². The Morgan fingerprint density at radius 3 is 2.75 bits per heavy atom. The van der Waals surface area contributed by atoms with Crippen LogP contribution in [0.1, 0.15) is 18.4 Å². The second-order valence-corrected chi connectivity index (χ2v) is 6.80. The van der Waals surface area contributed by atoms with E-state index in [1.54, 1.807) is 17.6 Å². The molecular formula is C12H16N4O2S2. The minimum Gasteiger partial charge on any atom is -0.370 e. The van der Waals surface area contributed by atoms with Gasteiger partial charge in [0.2, 0.25) is 10.0 Å². The number of aromatic nitrogens is 2. The molecule has 0 aliphatic heterocycles. The van der Waals surface area contributed by atoms with Crippen LogP contribution < -0.4 is 10.0 Å². The average Bonchev–Trinajstić information content (AvgIpc) is 2.97. The second kappa shape index (κ2) is 6.78. The van der Waals surface area contributed by atoms with Gasteiger partial charge in [0.1, 0.15) is 15.7 Å². The van der Waals surface area contributed by atoms with Crippen LogP contribution in [0.4, 0.5) is 5.82 Å². The van der Waals surface area contributed by atoms with Gasteiger partial charge in [0, 0.05) is 24.3 Å². The van der Waals surface area contributed by atoms with E-state index < -0.39 is 10.0 Å². The van der Waals surface area contributed by atoms with E-state index in [1.807, 2.05) is 6.92 Å². The van der Waals surface area contributed by atoms with E-state index in [2.05, 4.69) is 20.0 Å². The van der Waals surface area contributed by atoms with Crippen molar-refractivity contribution in [1.29, 1.82) is 0 Å². The molecule has 0 aliphatic carbocycles. The number of hydrogen-bond acceptors (Lipinski definition) is 6. The van der Waals surface area contributed by atoms with Crippen molar-refractivity contribution in [2.75, 3.05) is 11.9 Å². The van der Waals surface area contributed by atoms with Gasteiger partial charge in [0.05, 0.1) is 6.54 Å². The topological polar surface area (TPSA) is 84.0 Å². The summed E-state index contributed by atoms with van der Waals surface area (Å²) in [7, 11) is -3.55. The summed E-state index contributed by atoms with van der Waals surface area (Å²) in [5.74, 6) is 0.672. The Morgan fingerprint density at radius 1 is 1.30 bits per heavy atom. The first-order valence-corrected chi connectivity index (χ1v) is 8.56. The normalized spacial score (nSPS) is 11.4. The van der Waals surface area contributed by atoms with Gasteiger partial charge >= 0.3 is 0 Å². The third kappa shape index (κ3) is 3.99. The van der Waals surface area contributed by atoms with Gasteiger partial charge in [-0.15, -0.1) is 11.3 Å². The molecule has 2 rings (SSSR count). The largest absolute Gasteiger partial charge is 0.370 e. The van der Waals surface area contributed by atoms with Gasteiger partial charge in [-0.25, -0.2) is 23.1 Å². The maximum atomic E-state index is 12.1. The summed E-state index contributed by atoms with van der Waals surface area (Å²) >= 11 is 1.41. The highest BCUT2D eigenvalue weighted by Crippen LogP contribution is 2.12. The number of nitrogens with one attached hydrogen (secondary N) is 2. The van der Waals surface area contributed by atoms with E-state index in [1.165, 1.54) is 23.6 Å². The van der Waals surface area contributed by atoms with Crippen LogP contribution in [0.15, 0.2) is 34.8 Å². The molecule has 2 N–H and O–H groups in total. The number of anilines is 1. The first kappa shape index (κ1) is 14.9. The lowest BCUT2D eigenvalue weighted by molar-refractivity contribution is 0.580. The summed E-state index contributed by atoms with van der Waals surface area (Å²) in [5.41, 5.74) is 0. The summed E-state index contributed by atoms with van der Waals surface area (Å²) in [6.45, 7) is 3.05. The molecule has 6 nitrogen and oxygen atoms in total. The molecule has 20 heavy (non-hydrogen) atoms. The molecule has 0 amide bonds. The summed E-state index contributed by atoms with van der Waals surface area (Å²) in [6.07, 6.45) is 3.98. The summed E-state index contributed by atoms with van der Waals surface area (Å²) in [4.78, 5) is 8.26. The zero-order valence-corrected chi connectivity index (χ0v) is 12.7. The Morgan fingerprint density at radius 2 is 2.15 bits per heavy atom. The standard InChI is InChI=1S/C12H16N4O2S2/c1-2-5-13-11-4-3-10(8-15-11)20(17,18)16-9-12-14-6-7-19-12/h3-4,6-8,16H,2,5,9H2,1H3,(H,13,15). The molecule has 0 fully saturated rings. The Hall–Kier alpha value is -1.51. The molecule has 8 heteroatoms. The Labute approximate surface area is 122 Å². The van der Waals surface area contributed by atoms with Crippen molar-refractivity contribution in [3.05, 3.63) is 34.9 Å². The zero-order valence-electron chi connectivity index (χ0n) is 11.0. The zero-order chi connectivity index (χ0) is 14.4. The lowest BCUT2D eigenvalue weighted by Gasteiger charge is -2.07. The van der Waals surface area contributed by atoms with Crippen LogP contribution in [0.25, 0.3) is 0 Å². The lowest BCUT2D eigenvalue weighted by atomic mass is 10.4. The van der Waals surface area contributed by atoms with Gasteiger partial charge in [-0.3, -0.25) is 0 Å². The van der Waals surface area contributed by atoms with Crippen LogP contribution in [0.5, 0.6) is 0 Å². The molecule has 0 unspecified atom stereocenters. The molecule has 0 radical (unpaired) electrons. The molecule has 0 saturated heterocycles. The smallest absolute Gasteiger partial charge is 0.242 e. The van der Waals surface area contributed by atoms with Crippen molar-refractivity contribution in [2.24, 2.45) is 0 Å². The number of hydrogen-bond donors (Lipinski definition) is 2. The van der Waals surface area contributed by atoms with Gasteiger partial charge in [-0.2, -0.15) is 0 Å².